The molecule has 0 radical (unpaired) electrons. The fourth-order valence-electron chi connectivity index (χ4n) is 1.82. The molecule has 4 heteroatoms. The topological polar surface area (TPSA) is 12.0 Å². The third-order valence-corrected chi connectivity index (χ3v) is 3.04. The Labute approximate surface area is 103 Å². The van der Waals surface area contributed by atoms with Gasteiger partial charge in [-0.1, -0.05) is 33.1 Å². The van der Waals surface area contributed by atoms with Crippen LogP contribution in [0.1, 0.15) is 58.8 Å². The van der Waals surface area contributed by atoms with Gasteiger partial charge in [0.15, 0.2) is 0 Å². The molecule has 1 atom stereocenters. The molecule has 0 rings (SSSR count). The standard InChI is InChI=1S/C13H26F3N/c1-3-5-8-12(4-2)11-17-10-7-6-9-13(14,15)16/h12,17H,3-11H2,1-2H3. The quantitative estimate of drug-likeness (QED) is 0.564. The molecule has 1 nitrogen and oxygen atoms in total. The molecule has 1 N–H and O–H groups in total. The Bertz CT molecular complexity index is 169. The number of unbranched alkanes of at least 4 members (excludes halogenated alkanes) is 2. The van der Waals surface area contributed by atoms with Crippen LogP contribution < -0.4 is 5.32 Å². The zero-order chi connectivity index (χ0) is 13.1. The summed E-state index contributed by atoms with van der Waals surface area (Å²) in [6, 6.07) is 0. The van der Waals surface area contributed by atoms with Crippen LogP contribution in [0.4, 0.5) is 13.2 Å². The van der Waals surface area contributed by atoms with Gasteiger partial charge in [-0.3, -0.25) is 0 Å². The van der Waals surface area contributed by atoms with Crippen molar-refractivity contribution in [1.29, 1.82) is 0 Å². The van der Waals surface area contributed by atoms with Crippen LogP contribution in [0.5, 0.6) is 0 Å². The SMILES string of the molecule is CCCCC(CC)CNCCCCC(F)(F)F. The van der Waals surface area contributed by atoms with E-state index in [1.165, 1.54) is 19.3 Å². The Morgan fingerprint density at radius 1 is 1.06 bits per heavy atom. The van der Waals surface area contributed by atoms with Gasteiger partial charge in [0.25, 0.3) is 0 Å². The highest BCUT2D eigenvalue weighted by atomic mass is 19.4. The molecule has 0 heterocycles. The summed E-state index contributed by atoms with van der Waals surface area (Å²) in [4.78, 5) is 0. The van der Waals surface area contributed by atoms with Crippen LogP contribution in [0.25, 0.3) is 0 Å². The van der Waals surface area contributed by atoms with Crippen molar-refractivity contribution in [2.45, 2.75) is 65.0 Å². The Morgan fingerprint density at radius 2 is 1.76 bits per heavy atom. The maximum absolute atomic E-state index is 11.9. The lowest BCUT2D eigenvalue weighted by Crippen LogP contribution is -2.23. The van der Waals surface area contributed by atoms with E-state index >= 15 is 0 Å². The van der Waals surface area contributed by atoms with E-state index < -0.39 is 12.6 Å². The van der Waals surface area contributed by atoms with E-state index in [2.05, 4.69) is 19.2 Å². The van der Waals surface area contributed by atoms with Gasteiger partial charge in [0.2, 0.25) is 0 Å². The Balaban J connectivity index is 3.36. The number of halogens is 3. The number of hydrogen-bond acceptors (Lipinski definition) is 1. The predicted octanol–water partition coefficient (Wildman–Crippen LogP) is 4.53. The van der Waals surface area contributed by atoms with E-state index in [-0.39, 0.29) is 6.42 Å². The molecule has 0 aliphatic rings. The highest BCUT2D eigenvalue weighted by Crippen LogP contribution is 2.21. The molecule has 17 heavy (non-hydrogen) atoms. The fourth-order valence-corrected chi connectivity index (χ4v) is 1.82. The van der Waals surface area contributed by atoms with Crippen molar-refractivity contribution >= 4 is 0 Å². The summed E-state index contributed by atoms with van der Waals surface area (Å²) >= 11 is 0. The molecule has 0 saturated heterocycles. The average molecular weight is 253 g/mol. The second kappa shape index (κ2) is 9.75. The van der Waals surface area contributed by atoms with Crippen LogP contribution in [-0.2, 0) is 0 Å². The Hall–Kier alpha value is -0.250. The molecule has 0 fully saturated rings. The zero-order valence-electron chi connectivity index (χ0n) is 11.1. The monoisotopic (exact) mass is 253 g/mol. The number of nitrogens with one attached hydrogen (secondary N) is 1. The summed E-state index contributed by atoms with van der Waals surface area (Å²) in [5.41, 5.74) is 0. The molecule has 0 spiro atoms. The molecular weight excluding hydrogens is 227 g/mol. The van der Waals surface area contributed by atoms with Gasteiger partial charge in [-0.05, 0) is 38.3 Å². The summed E-state index contributed by atoms with van der Waals surface area (Å²) < 4.78 is 35.6. The van der Waals surface area contributed by atoms with Crippen LogP contribution in [0.15, 0.2) is 0 Å². The van der Waals surface area contributed by atoms with E-state index in [0.717, 1.165) is 13.0 Å². The maximum atomic E-state index is 11.9. The lowest BCUT2D eigenvalue weighted by molar-refractivity contribution is -0.135. The van der Waals surface area contributed by atoms with Crippen molar-refractivity contribution < 1.29 is 13.2 Å². The van der Waals surface area contributed by atoms with Crippen molar-refractivity contribution in [3.8, 4) is 0 Å². The molecule has 0 aromatic rings. The molecule has 0 aromatic heterocycles. The van der Waals surface area contributed by atoms with E-state index in [1.54, 1.807) is 0 Å². The summed E-state index contributed by atoms with van der Waals surface area (Å²) in [6.07, 6.45) is 1.04. The lowest BCUT2D eigenvalue weighted by Gasteiger charge is -2.15. The molecule has 0 aliphatic heterocycles. The van der Waals surface area contributed by atoms with Gasteiger partial charge in [0, 0.05) is 6.42 Å². The molecule has 0 aliphatic carbocycles. The first-order valence-corrected chi connectivity index (χ1v) is 6.77. The molecule has 104 valence electrons. The van der Waals surface area contributed by atoms with Gasteiger partial charge in [0.1, 0.15) is 0 Å². The van der Waals surface area contributed by atoms with Crippen molar-refractivity contribution in [3.05, 3.63) is 0 Å². The fraction of sp³-hybridized carbons (Fsp3) is 1.00. The van der Waals surface area contributed by atoms with E-state index in [9.17, 15) is 13.2 Å². The van der Waals surface area contributed by atoms with Crippen LogP contribution in [-0.4, -0.2) is 19.3 Å². The molecule has 0 saturated carbocycles. The van der Waals surface area contributed by atoms with Gasteiger partial charge in [-0.25, -0.2) is 0 Å². The number of alkyl halides is 3. The predicted molar refractivity (Wildman–Crippen MR) is 66.1 cm³/mol. The van der Waals surface area contributed by atoms with Gasteiger partial charge >= 0.3 is 6.18 Å². The van der Waals surface area contributed by atoms with E-state index in [1.807, 2.05) is 0 Å². The molecule has 0 bridgehead atoms. The first-order valence-electron chi connectivity index (χ1n) is 6.77. The number of hydrogen-bond donors (Lipinski definition) is 1. The third-order valence-electron chi connectivity index (χ3n) is 3.04. The smallest absolute Gasteiger partial charge is 0.316 e. The Kier molecular flexibility index (Phi) is 9.60. The number of rotatable bonds is 10. The minimum absolute atomic E-state index is 0.238. The molecular formula is C13H26F3N. The van der Waals surface area contributed by atoms with E-state index in [0.29, 0.717) is 18.9 Å². The van der Waals surface area contributed by atoms with Crippen molar-refractivity contribution in [1.82, 2.24) is 5.32 Å². The average Bonchev–Trinajstić information content (AvgIpc) is 2.25. The summed E-state index contributed by atoms with van der Waals surface area (Å²) in [5.74, 6) is 0.678. The minimum atomic E-state index is -3.99. The van der Waals surface area contributed by atoms with Crippen LogP contribution >= 0.6 is 0 Å². The van der Waals surface area contributed by atoms with Crippen LogP contribution in [0.2, 0.25) is 0 Å². The lowest BCUT2D eigenvalue weighted by atomic mass is 9.99. The minimum Gasteiger partial charge on any atom is -0.316 e. The molecule has 1 unspecified atom stereocenters. The highest BCUT2D eigenvalue weighted by molar-refractivity contribution is 4.61. The zero-order valence-corrected chi connectivity index (χ0v) is 11.1. The van der Waals surface area contributed by atoms with Gasteiger partial charge in [0.05, 0.1) is 0 Å². The second-order valence-corrected chi connectivity index (χ2v) is 4.69. The molecule has 0 aromatic carbocycles. The van der Waals surface area contributed by atoms with Gasteiger partial charge in [-0.15, -0.1) is 0 Å². The second-order valence-electron chi connectivity index (χ2n) is 4.69. The van der Waals surface area contributed by atoms with Gasteiger partial charge < -0.3 is 5.32 Å². The van der Waals surface area contributed by atoms with Crippen molar-refractivity contribution in [2.75, 3.05) is 13.1 Å². The normalized spacial score (nSPS) is 13.9. The van der Waals surface area contributed by atoms with Crippen LogP contribution in [0.3, 0.4) is 0 Å². The first kappa shape index (κ1) is 16.8. The molecule has 0 amide bonds. The van der Waals surface area contributed by atoms with Gasteiger partial charge in [-0.2, -0.15) is 13.2 Å². The largest absolute Gasteiger partial charge is 0.389 e. The third kappa shape index (κ3) is 12.0. The van der Waals surface area contributed by atoms with E-state index in [4.69, 9.17) is 0 Å². The summed E-state index contributed by atoms with van der Waals surface area (Å²) in [5, 5.41) is 3.26. The summed E-state index contributed by atoms with van der Waals surface area (Å²) in [6.45, 7) is 6.00. The first-order chi connectivity index (χ1) is 7.99. The Morgan fingerprint density at radius 3 is 2.29 bits per heavy atom. The van der Waals surface area contributed by atoms with Crippen LogP contribution in [0, 0.1) is 5.92 Å². The van der Waals surface area contributed by atoms with Crippen molar-refractivity contribution in [3.63, 3.8) is 0 Å². The highest BCUT2D eigenvalue weighted by Gasteiger charge is 2.25. The summed E-state index contributed by atoms with van der Waals surface area (Å²) in [7, 11) is 0. The van der Waals surface area contributed by atoms with Crippen molar-refractivity contribution in [2.24, 2.45) is 5.92 Å². The maximum Gasteiger partial charge on any atom is 0.389 e.